The first-order valence-corrected chi connectivity index (χ1v) is 6.67. The number of rotatable bonds is 2. The zero-order chi connectivity index (χ0) is 15.0. The third-order valence-electron chi connectivity index (χ3n) is 3.19. The molecular formula is C15H12ClN3O2. The molecule has 21 heavy (non-hydrogen) atoms. The molecule has 0 fully saturated rings. The predicted molar refractivity (Wildman–Crippen MR) is 79.5 cm³/mol. The average Bonchev–Trinajstić information content (AvgIpc) is 2.91. The zero-order valence-corrected chi connectivity index (χ0v) is 12.3. The van der Waals surface area contributed by atoms with E-state index in [4.69, 9.17) is 16.3 Å². The summed E-state index contributed by atoms with van der Waals surface area (Å²) in [7, 11) is 1.33. The van der Waals surface area contributed by atoms with Crippen molar-refractivity contribution in [3.05, 3.63) is 52.7 Å². The Kier molecular flexibility index (Phi) is 3.35. The minimum Gasteiger partial charge on any atom is -0.465 e. The molecule has 2 aromatic heterocycles. The van der Waals surface area contributed by atoms with Crippen LogP contribution in [-0.2, 0) is 4.74 Å². The molecule has 0 spiro atoms. The molecule has 106 valence electrons. The number of aromatic nitrogens is 3. The van der Waals surface area contributed by atoms with Crippen molar-refractivity contribution in [3.63, 3.8) is 0 Å². The van der Waals surface area contributed by atoms with E-state index in [0.717, 1.165) is 11.1 Å². The number of esters is 1. The number of methoxy groups -OCH3 is 1. The van der Waals surface area contributed by atoms with E-state index in [0.29, 0.717) is 22.1 Å². The van der Waals surface area contributed by atoms with Gasteiger partial charge in [-0.2, -0.15) is 0 Å². The first kappa shape index (κ1) is 13.6. The number of halogens is 1. The van der Waals surface area contributed by atoms with Crippen molar-refractivity contribution in [2.45, 2.75) is 6.92 Å². The molecule has 5 nitrogen and oxygen atoms in total. The van der Waals surface area contributed by atoms with E-state index in [9.17, 15) is 4.79 Å². The van der Waals surface area contributed by atoms with E-state index in [1.54, 1.807) is 10.6 Å². The molecule has 0 aliphatic rings. The fourth-order valence-electron chi connectivity index (χ4n) is 2.08. The number of nitrogens with zero attached hydrogens (tertiary/aromatic N) is 3. The Balaban J connectivity index is 2.22. The Labute approximate surface area is 126 Å². The van der Waals surface area contributed by atoms with Crippen LogP contribution in [0.1, 0.15) is 15.9 Å². The second kappa shape index (κ2) is 5.18. The maximum Gasteiger partial charge on any atom is 0.339 e. The summed E-state index contributed by atoms with van der Waals surface area (Å²) in [4.78, 5) is 11.7. The Hall–Kier alpha value is -2.40. The molecule has 0 unspecified atom stereocenters. The van der Waals surface area contributed by atoms with E-state index >= 15 is 0 Å². The molecule has 3 aromatic rings. The molecular weight excluding hydrogens is 290 g/mol. The van der Waals surface area contributed by atoms with Gasteiger partial charge in [0, 0.05) is 11.8 Å². The van der Waals surface area contributed by atoms with Gasteiger partial charge < -0.3 is 4.74 Å². The van der Waals surface area contributed by atoms with E-state index in [2.05, 4.69) is 10.2 Å². The van der Waals surface area contributed by atoms with Crippen molar-refractivity contribution in [1.82, 2.24) is 14.6 Å². The fraction of sp³-hybridized carbons (Fsp3) is 0.133. The number of ether oxygens (including phenoxy) is 1. The Bertz CT molecular complexity index is 825. The minimum atomic E-state index is -0.456. The minimum absolute atomic E-state index is 0.350. The summed E-state index contributed by atoms with van der Waals surface area (Å²) < 4.78 is 6.42. The van der Waals surface area contributed by atoms with Gasteiger partial charge in [-0.3, -0.25) is 4.40 Å². The SMILES string of the molecule is COC(=O)c1cc(Cl)c2nnc(-c3ccc(C)cc3)n2c1. The third kappa shape index (κ3) is 2.36. The lowest BCUT2D eigenvalue weighted by molar-refractivity contribution is 0.0600. The molecule has 2 heterocycles. The monoisotopic (exact) mass is 301 g/mol. The number of aryl methyl sites for hydroxylation is 1. The average molecular weight is 302 g/mol. The number of hydrogen-bond acceptors (Lipinski definition) is 4. The quantitative estimate of drug-likeness (QED) is 0.682. The molecule has 6 heteroatoms. The van der Waals surface area contributed by atoms with Gasteiger partial charge in [0.15, 0.2) is 11.5 Å². The van der Waals surface area contributed by atoms with E-state index < -0.39 is 5.97 Å². The largest absolute Gasteiger partial charge is 0.465 e. The van der Waals surface area contributed by atoms with Gasteiger partial charge in [0.1, 0.15) is 0 Å². The van der Waals surface area contributed by atoms with Gasteiger partial charge in [0.2, 0.25) is 0 Å². The van der Waals surface area contributed by atoms with Gasteiger partial charge in [-0.05, 0) is 13.0 Å². The van der Waals surface area contributed by atoms with Crippen molar-refractivity contribution >= 4 is 23.2 Å². The molecule has 0 N–H and O–H groups in total. The lowest BCUT2D eigenvalue weighted by Gasteiger charge is -2.04. The second-order valence-electron chi connectivity index (χ2n) is 4.65. The smallest absolute Gasteiger partial charge is 0.339 e. The van der Waals surface area contributed by atoms with Crippen LogP contribution < -0.4 is 0 Å². The molecule has 0 radical (unpaired) electrons. The first-order chi connectivity index (χ1) is 10.1. The van der Waals surface area contributed by atoms with E-state index in [1.807, 2.05) is 31.2 Å². The summed E-state index contributed by atoms with van der Waals surface area (Å²) >= 11 is 6.16. The molecule has 3 rings (SSSR count). The summed E-state index contributed by atoms with van der Waals surface area (Å²) in [6, 6.07) is 9.40. The maximum atomic E-state index is 11.7. The van der Waals surface area contributed by atoms with Gasteiger partial charge in [-0.15, -0.1) is 10.2 Å². The lowest BCUT2D eigenvalue weighted by atomic mass is 10.1. The topological polar surface area (TPSA) is 56.5 Å². The number of carbonyl (C=O) groups excluding carboxylic acids is 1. The van der Waals surface area contributed by atoms with Gasteiger partial charge >= 0.3 is 5.97 Å². The van der Waals surface area contributed by atoms with Crippen LogP contribution in [0.4, 0.5) is 0 Å². The van der Waals surface area contributed by atoms with Crippen LogP contribution in [0.5, 0.6) is 0 Å². The van der Waals surface area contributed by atoms with Crippen LogP contribution in [0.3, 0.4) is 0 Å². The lowest BCUT2D eigenvalue weighted by Crippen LogP contribution is -2.03. The Morgan fingerprint density at radius 3 is 2.62 bits per heavy atom. The fourth-order valence-corrected chi connectivity index (χ4v) is 2.33. The van der Waals surface area contributed by atoms with Crippen molar-refractivity contribution in [2.75, 3.05) is 7.11 Å². The van der Waals surface area contributed by atoms with Crippen LogP contribution >= 0.6 is 11.6 Å². The van der Waals surface area contributed by atoms with Gasteiger partial charge in [0.25, 0.3) is 0 Å². The van der Waals surface area contributed by atoms with Crippen molar-refractivity contribution in [3.8, 4) is 11.4 Å². The highest BCUT2D eigenvalue weighted by molar-refractivity contribution is 6.33. The molecule has 0 amide bonds. The molecule has 0 atom stereocenters. The predicted octanol–water partition coefficient (Wildman–Crippen LogP) is 3.14. The standard InChI is InChI=1S/C15H12ClN3O2/c1-9-3-5-10(6-4-9)13-17-18-14-12(16)7-11(8-19(13)14)15(20)21-2/h3-8H,1-2H3. The van der Waals surface area contributed by atoms with Crippen LogP contribution in [0.25, 0.3) is 17.0 Å². The van der Waals surface area contributed by atoms with Crippen LogP contribution in [0.15, 0.2) is 36.5 Å². The number of fused-ring (bicyclic) bond motifs is 1. The molecule has 0 aliphatic carbocycles. The summed E-state index contributed by atoms with van der Waals surface area (Å²) in [5, 5.41) is 8.58. The number of pyridine rings is 1. The maximum absolute atomic E-state index is 11.7. The van der Waals surface area contributed by atoms with Crippen LogP contribution in [0, 0.1) is 6.92 Å². The van der Waals surface area contributed by atoms with Gasteiger partial charge in [-0.1, -0.05) is 41.4 Å². The van der Waals surface area contributed by atoms with Crippen molar-refractivity contribution in [1.29, 1.82) is 0 Å². The first-order valence-electron chi connectivity index (χ1n) is 6.30. The van der Waals surface area contributed by atoms with Gasteiger partial charge in [0.05, 0.1) is 17.7 Å². The highest BCUT2D eigenvalue weighted by Gasteiger charge is 2.15. The normalized spacial score (nSPS) is 10.8. The van der Waals surface area contributed by atoms with Crippen LogP contribution in [-0.4, -0.2) is 27.7 Å². The van der Waals surface area contributed by atoms with Crippen molar-refractivity contribution in [2.24, 2.45) is 0 Å². The van der Waals surface area contributed by atoms with Crippen molar-refractivity contribution < 1.29 is 9.53 Å². The van der Waals surface area contributed by atoms with Gasteiger partial charge in [-0.25, -0.2) is 4.79 Å². The Morgan fingerprint density at radius 2 is 1.95 bits per heavy atom. The summed E-state index contributed by atoms with van der Waals surface area (Å²) in [6.45, 7) is 2.01. The number of carbonyl (C=O) groups is 1. The zero-order valence-electron chi connectivity index (χ0n) is 11.5. The summed E-state index contributed by atoms with van der Waals surface area (Å²) in [5.74, 6) is 0.167. The number of benzene rings is 1. The van der Waals surface area contributed by atoms with E-state index in [-0.39, 0.29) is 0 Å². The number of hydrogen-bond donors (Lipinski definition) is 0. The second-order valence-corrected chi connectivity index (χ2v) is 5.06. The molecule has 0 bridgehead atoms. The summed E-state index contributed by atoms with van der Waals surface area (Å²) in [6.07, 6.45) is 1.63. The summed E-state index contributed by atoms with van der Waals surface area (Å²) in [5.41, 5.74) is 2.90. The molecule has 0 aliphatic heterocycles. The Morgan fingerprint density at radius 1 is 1.24 bits per heavy atom. The molecule has 1 aromatic carbocycles. The molecule has 0 saturated carbocycles. The van der Waals surface area contributed by atoms with Crippen LogP contribution in [0.2, 0.25) is 5.02 Å². The van der Waals surface area contributed by atoms with E-state index in [1.165, 1.54) is 13.2 Å². The highest BCUT2D eigenvalue weighted by Crippen LogP contribution is 2.24. The molecule has 0 saturated heterocycles. The third-order valence-corrected chi connectivity index (χ3v) is 3.47. The highest BCUT2D eigenvalue weighted by atomic mass is 35.5.